The zero-order chi connectivity index (χ0) is 25.8. The average molecular weight is 459 g/mol. The van der Waals surface area contributed by atoms with E-state index in [9.17, 15) is 14.3 Å². The Labute approximate surface area is 196 Å². The van der Waals surface area contributed by atoms with Crippen LogP contribution in [-0.4, -0.2) is 30.3 Å². The maximum absolute atomic E-state index is 13.3. The third kappa shape index (κ3) is 12.1. The van der Waals surface area contributed by atoms with Gasteiger partial charge < -0.3 is 20.4 Å². The fraction of sp³-hybridized carbons (Fsp3) is 0.308. The average Bonchev–Trinajstić information content (AvgIpc) is 2.86. The molecule has 0 aliphatic carbocycles. The molecule has 2 aromatic carbocycles. The SMILES string of the molecule is C=O.C=O.CC.CCCc1ccc(/C(O)=C(/N=C(C)CCC(N)=O)c2ccc(F)cc2)cc1. The van der Waals surface area contributed by atoms with Crippen LogP contribution >= 0.6 is 0 Å². The number of aliphatic imine (C=N–C) groups is 1. The van der Waals surface area contributed by atoms with Gasteiger partial charge in [0.1, 0.15) is 30.9 Å². The fourth-order valence-corrected chi connectivity index (χ4v) is 2.67. The summed E-state index contributed by atoms with van der Waals surface area (Å²) in [6.45, 7) is 11.9. The number of benzene rings is 2. The maximum Gasteiger partial charge on any atom is 0.217 e. The predicted molar refractivity (Wildman–Crippen MR) is 133 cm³/mol. The van der Waals surface area contributed by atoms with Crippen LogP contribution < -0.4 is 5.73 Å². The molecular weight excluding hydrogens is 423 g/mol. The molecule has 0 unspecified atom stereocenters. The quantitative estimate of drug-likeness (QED) is 0.307. The second-order valence-corrected chi connectivity index (χ2v) is 6.46. The molecule has 1 amide bonds. The number of aliphatic hydroxyl groups excluding tert-OH is 1. The van der Waals surface area contributed by atoms with Gasteiger partial charge in [-0.3, -0.25) is 9.79 Å². The molecule has 0 heterocycles. The number of nitrogens with zero attached hydrogens (tertiary/aromatic N) is 1. The number of aliphatic hydroxyl groups is 1. The molecule has 0 atom stereocenters. The summed E-state index contributed by atoms with van der Waals surface area (Å²) in [6.07, 6.45) is 2.59. The van der Waals surface area contributed by atoms with Crippen molar-refractivity contribution in [1.29, 1.82) is 0 Å². The minimum atomic E-state index is -0.410. The lowest BCUT2D eigenvalue weighted by Gasteiger charge is -2.10. The van der Waals surface area contributed by atoms with Crippen molar-refractivity contribution in [3.05, 3.63) is 71.0 Å². The third-order valence-electron chi connectivity index (χ3n) is 4.14. The molecule has 2 aromatic rings. The Bertz CT molecular complexity index is 874. The minimum Gasteiger partial charge on any atom is -0.505 e. The van der Waals surface area contributed by atoms with Gasteiger partial charge in [-0.1, -0.05) is 51.5 Å². The van der Waals surface area contributed by atoms with Gasteiger partial charge in [0, 0.05) is 23.3 Å². The summed E-state index contributed by atoms with van der Waals surface area (Å²) in [5.41, 5.74) is 8.59. The van der Waals surface area contributed by atoms with Crippen LogP contribution in [0.1, 0.15) is 63.6 Å². The molecule has 0 aromatic heterocycles. The highest BCUT2D eigenvalue weighted by Gasteiger charge is 2.12. The molecule has 0 aliphatic heterocycles. The van der Waals surface area contributed by atoms with Crippen LogP contribution in [0.25, 0.3) is 11.5 Å². The molecule has 0 fully saturated rings. The van der Waals surface area contributed by atoms with Crippen LogP contribution in [0.2, 0.25) is 0 Å². The smallest absolute Gasteiger partial charge is 0.217 e. The molecule has 33 heavy (non-hydrogen) atoms. The largest absolute Gasteiger partial charge is 0.505 e. The molecule has 0 radical (unpaired) electrons. The topological polar surface area (TPSA) is 110 Å². The van der Waals surface area contributed by atoms with Gasteiger partial charge in [0.25, 0.3) is 0 Å². The number of hydrogen-bond donors (Lipinski definition) is 2. The summed E-state index contributed by atoms with van der Waals surface area (Å²) in [5.74, 6) is -0.772. The lowest BCUT2D eigenvalue weighted by Crippen LogP contribution is -2.11. The molecule has 0 aliphatic rings. The van der Waals surface area contributed by atoms with E-state index in [4.69, 9.17) is 15.3 Å². The van der Waals surface area contributed by atoms with Crippen LogP contribution in [0.4, 0.5) is 4.39 Å². The Hall–Kier alpha value is -3.61. The summed E-state index contributed by atoms with van der Waals surface area (Å²) in [5, 5.41) is 10.8. The van der Waals surface area contributed by atoms with Crippen LogP contribution in [0.3, 0.4) is 0 Å². The molecule has 0 bridgehead atoms. The van der Waals surface area contributed by atoms with Gasteiger partial charge in [0.05, 0.1) is 0 Å². The number of rotatable bonds is 8. The van der Waals surface area contributed by atoms with Crippen molar-refractivity contribution in [2.45, 2.75) is 53.4 Å². The maximum atomic E-state index is 13.3. The number of primary amides is 1. The summed E-state index contributed by atoms with van der Waals surface area (Å²) in [4.78, 5) is 31.5. The van der Waals surface area contributed by atoms with Crippen molar-refractivity contribution in [1.82, 2.24) is 0 Å². The van der Waals surface area contributed by atoms with Crippen LogP contribution in [0.15, 0.2) is 53.5 Å². The fourth-order valence-electron chi connectivity index (χ4n) is 2.67. The van der Waals surface area contributed by atoms with E-state index >= 15 is 0 Å². The Morgan fingerprint density at radius 2 is 1.42 bits per heavy atom. The molecule has 2 rings (SSSR count). The second-order valence-electron chi connectivity index (χ2n) is 6.46. The summed E-state index contributed by atoms with van der Waals surface area (Å²) in [6, 6.07) is 13.4. The Balaban J connectivity index is 0. The molecule has 3 N–H and O–H groups in total. The molecule has 0 saturated heterocycles. The van der Waals surface area contributed by atoms with Crippen molar-refractivity contribution in [3.63, 3.8) is 0 Å². The van der Waals surface area contributed by atoms with E-state index in [0.29, 0.717) is 29.0 Å². The van der Waals surface area contributed by atoms with E-state index in [2.05, 4.69) is 11.9 Å². The first-order chi connectivity index (χ1) is 15.9. The number of carbonyl (C=O) groups is 3. The zero-order valence-corrected chi connectivity index (χ0v) is 19.9. The molecule has 0 spiro atoms. The number of halogens is 1. The standard InChI is InChI=1S/C22H25FN2O2.C2H6.2CH2O/c1-3-4-16-6-8-18(9-7-16)22(27)21(17-10-12-19(23)13-11-17)25-15(2)5-14-20(24)26;3*1-2/h6-13,27H,3-5,14H2,1-2H3,(H2,24,26);1-2H3;2*1H2/b22-21-,25-15?;;;. The molecule has 7 heteroatoms. The monoisotopic (exact) mass is 458 g/mol. The van der Waals surface area contributed by atoms with E-state index in [-0.39, 0.29) is 18.0 Å². The van der Waals surface area contributed by atoms with Gasteiger partial charge in [-0.05, 0) is 49.6 Å². The van der Waals surface area contributed by atoms with Crippen molar-refractivity contribution in [2.75, 3.05) is 0 Å². The zero-order valence-electron chi connectivity index (χ0n) is 19.9. The van der Waals surface area contributed by atoms with Gasteiger partial charge in [-0.2, -0.15) is 0 Å². The summed E-state index contributed by atoms with van der Waals surface area (Å²) < 4.78 is 13.3. The van der Waals surface area contributed by atoms with Gasteiger partial charge in [0.15, 0.2) is 0 Å². The highest BCUT2D eigenvalue weighted by atomic mass is 19.1. The van der Waals surface area contributed by atoms with Gasteiger partial charge in [0.2, 0.25) is 5.91 Å². The van der Waals surface area contributed by atoms with Crippen LogP contribution in [0.5, 0.6) is 0 Å². The van der Waals surface area contributed by atoms with Crippen molar-refractivity contribution in [3.8, 4) is 0 Å². The first kappa shape index (κ1) is 31.6. The van der Waals surface area contributed by atoms with Gasteiger partial charge >= 0.3 is 0 Å². The summed E-state index contributed by atoms with van der Waals surface area (Å²) in [7, 11) is 0. The molecule has 0 saturated carbocycles. The van der Waals surface area contributed by atoms with E-state index < -0.39 is 5.91 Å². The number of hydrogen-bond acceptors (Lipinski definition) is 5. The normalized spacial score (nSPS) is 10.8. The Morgan fingerprint density at radius 3 is 1.88 bits per heavy atom. The lowest BCUT2D eigenvalue weighted by atomic mass is 10.0. The Kier molecular flexibility index (Phi) is 18.3. The van der Waals surface area contributed by atoms with Crippen molar-refractivity contribution in [2.24, 2.45) is 10.7 Å². The number of nitrogens with two attached hydrogens (primary N) is 1. The summed E-state index contributed by atoms with van der Waals surface area (Å²) >= 11 is 0. The second kappa shape index (κ2) is 19.1. The van der Waals surface area contributed by atoms with Gasteiger partial charge in [-0.25, -0.2) is 4.39 Å². The van der Waals surface area contributed by atoms with E-state index in [1.807, 2.05) is 51.7 Å². The molecular formula is C26H35FN2O4. The predicted octanol–water partition coefficient (Wildman–Crippen LogP) is 5.54. The van der Waals surface area contributed by atoms with Crippen molar-refractivity contribution < 1.29 is 23.9 Å². The van der Waals surface area contributed by atoms with Crippen LogP contribution in [0, 0.1) is 5.82 Å². The minimum absolute atomic E-state index is 0.00285. The molecule has 180 valence electrons. The van der Waals surface area contributed by atoms with E-state index in [1.54, 1.807) is 19.1 Å². The number of carbonyl (C=O) groups excluding carboxylic acids is 3. The molecule has 6 nitrogen and oxygen atoms in total. The number of aryl methyl sites for hydroxylation is 1. The highest BCUT2D eigenvalue weighted by molar-refractivity contribution is 5.95. The van der Waals surface area contributed by atoms with Crippen LogP contribution in [-0.2, 0) is 20.8 Å². The number of amides is 1. The first-order valence-electron chi connectivity index (χ1n) is 10.6. The Morgan fingerprint density at radius 1 is 0.939 bits per heavy atom. The lowest BCUT2D eigenvalue weighted by molar-refractivity contribution is -0.117. The van der Waals surface area contributed by atoms with Gasteiger partial charge in [-0.15, -0.1) is 0 Å². The first-order valence-corrected chi connectivity index (χ1v) is 10.6. The highest BCUT2D eigenvalue weighted by Crippen LogP contribution is 2.27. The van der Waals surface area contributed by atoms with Crippen molar-refractivity contribution >= 4 is 36.7 Å². The van der Waals surface area contributed by atoms with E-state index in [0.717, 1.165) is 12.8 Å². The third-order valence-corrected chi connectivity index (χ3v) is 4.14. The van der Waals surface area contributed by atoms with E-state index in [1.165, 1.54) is 17.7 Å².